The maximum atomic E-state index is 10.6. The molecular formula is C8H10N2O3. The Balaban J connectivity index is 2.62. The Morgan fingerprint density at radius 1 is 1.69 bits per heavy atom. The second-order valence-electron chi connectivity index (χ2n) is 2.46. The van der Waals surface area contributed by atoms with Gasteiger partial charge in [0, 0.05) is 32.1 Å². The van der Waals surface area contributed by atoms with E-state index in [1.807, 2.05) is 0 Å². The molecule has 1 heterocycles. The number of carbonyl (C=O) groups is 1. The highest BCUT2D eigenvalue weighted by molar-refractivity contribution is 5.72. The number of nitrogens with zero attached hydrogens (tertiary/aromatic N) is 2. The first-order valence-corrected chi connectivity index (χ1v) is 3.74. The van der Waals surface area contributed by atoms with Gasteiger partial charge < -0.3 is 9.84 Å². The molecule has 5 heteroatoms. The molecule has 0 saturated carbocycles. The van der Waals surface area contributed by atoms with Crippen molar-refractivity contribution in [3.63, 3.8) is 0 Å². The molecule has 1 unspecified atom stereocenters. The molecule has 1 N–H and O–H groups in total. The van der Waals surface area contributed by atoms with Gasteiger partial charge >= 0.3 is 5.97 Å². The van der Waals surface area contributed by atoms with Crippen LogP contribution in [0.1, 0.15) is 5.69 Å². The average Bonchev–Trinajstić information content (AvgIpc) is 2.15. The van der Waals surface area contributed by atoms with Crippen LogP contribution in [-0.2, 0) is 16.0 Å². The van der Waals surface area contributed by atoms with Crippen LogP contribution in [0.3, 0.4) is 0 Å². The molecule has 0 radical (unpaired) electrons. The normalized spacial score (nSPS) is 12.4. The minimum atomic E-state index is -0.992. The number of ether oxygens (including phenoxy) is 1. The molecule has 0 fully saturated rings. The van der Waals surface area contributed by atoms with Crippen LogP contribution in [0.4, 0.5) is 0 Å². The largest absolute Gasteiger partial charge is 0.479 e. The predicted octanol–water partition coefficient (Wildman–Crippen LogP) is 0.119. The number of rotatable bonds is 4. The van der Waals surface area contributed by atoms with E-state index >= 15 is 0 Å². The fourth-order valence-corrected chi connectivity index (χ4v) is 0.897. The highest BCUT2D eigenvalue weighted by Crippen LogP contribution is 2.00. The van der Waals surface area contributed by atoms with Crippen LogP contribution in [0, 0.1) is 0 Å². The molecular weight excluding hydrogens is 172 g/mol. The lowest BCUT2D eigenvalue weighted by Gasteiger charge is -2.08. The molecule has 70 valence electrons. The Bertz CT molecular complexity index is 276. The maximum Gasteiger partial charge on any atom is 0.333 e. The molecule has 1 aromatic heterocycles. The Labute approximate surface area is 75.4 Å². The molecule has 0 aliphatic rings. The summed E-state index contributed by atoms with van der Waals surface area (Å²) in [6.07, 6.45) is 3.96. The first-order chi connectivity index (χ1) is 6.24. The number of carboxylic acid groups (broad SMARTS) is 1. The van der Waals surface area contributed by atoms with Crippen LogP contribution in [0.25, 0.3) is 0 Å². The molecule has 0 aromatic carbocycles. The minimum absolute atomic E-state index is 0.236. The second kappa shape index (κ2) is 4.51. The van der Waals surface area contributed by atoms with Gasteiger partial charge in [-0.25, -0.2) is 4.79 Å². The molecule has 0 bridgehead atoms. The van der Waals surface area contributed by atoms with E-state index < -0.39 is 12.1 Å². The lowest BCUT2D eigenvalue weighted by molar-refractivity contribution is -0.148. The molecule has 13 heavy (non-hydrogen) atoms. The zero-order chi connectivity index (χ0) is 9.68. The van der Waals surface area contributed by atoms with Gasteiger partial charge in [0.2, 0.25) is 0 Å². The van der Waals surface area contributed by atoms with E-state index in [0.717, 1.165) is 0 Å². The van der Waals surface area contributed by atoms with Crippen LogP contribution in [0.15, 0.2) is 18.6 Å². The topological polar surface area (TPSA) is 72.3 Å². The number of hydrogen-bond donors (Lipinski definition) is 1. The molecule has 0 saturated heterocycles. The van der Waals surface area contributed by atoms with Crippen molar-refractivity contribution in [2.75, 3.05) is 7.11 Å². The number of aromatic nitrogens is 2. The third-order valence-electron chi connectivity index (χ3n) is 1.57. The molecule has 0 amide bonds. The Hall–Kier alpha value is -1.49. The van der Waals surface area contributed by atoms with E-state index in [0.29, 0.717) is 5.69 Å². The summed E-state index contributed by atoms with van der Waals surface area (Å²) in [6, 6.07) is 0. The van der Waals surface area contributed by atoms with Gasteiger partial charge in [0.1, 0.15) is 0 Å². The van der Waals surface area contributed by atoms with E-state index in [4.69, 9.17) is 9.84 Å². The van der Waals surface area contributed by atoms with Crippen LogP contribution in [0.2, 0.25) is 0 Å². The highest BCUT2D eigenvalue weighted by Gasteiger charge is 2.17. The summed E-state index contributed by atoms with van der Waals surface area (Å²) in [5, 5.41) is 8.66. The summed E-state index contributed by atoms with van der Waals surface area (Å²) in [5.74, 6) is -0.992. The molecule has 1 atom stereocenters. The summed E-state index contributed by atoms with van der Waals surface area (Å²) in [5.41, 5.74) is 0.608. The smallest absolute Gasteiger partial charge is 0.333 e. The Kier molecular flexibility index (Phi) is 3.33. The van der Waals surface area contributed by atoms with Crippen molar-refractivity contribution in [3.8, 4) is 0 Å². The molecule has 0 spiro atoms. The van der Waals surface area contributed by atoms with Gasteiger partial charge in [-0.3, -0.25) is 9.97 Å². The van der Waals surface area contributed by atoms with Gasteiger partial charge in [-0.05, 0) is 0 Å². The first-order valence-electron chi connectivity index (χ1n) is 3.74. The maximum absolute atomic E-state index is 10.6. The molecule has 1 rings (SSSR count). The van der Waals surface area contributed by atoms with Gasteiger partial charge in [-0.2, -0.15) is 0 Å². The fourth-order valence-electron chi connectivity index (χ4n) is 0.897. The van der Waals surface area contributed by atoms with Crippen LogP contribution >= 0.6 is 0 Å². The number of hydrogen-bond acceptors (Lipinski definition) is 4. The van der Waals surface area contributed by atoms with Crippen molar-refractivity contribution >= 4 is 5.97 Å². The molecule has 1 aromatic rings. The SMILES string of the molecule is COC(Cc1cnccn1)C(=O)O. The van der Waals surface area contributed by atoms with Gasteiger partial charge in [0.25, 0.3) is 0 Å². The van der Waals surface area contributed by atoms with Crippen molar-refractivity contribution < 1.29 is 14.6 Å². The lowest BCUT2D eigenvalue weighted by atomic mass is 10.2. The average molecular weight is 182 g/mol. The summed E-state index contributed by atoms with van der Waals surface area (Å²) >= 11 is 0. The molecule has 0 aliphatic carbocycles. The van der Waals surface area contributed by atoms with Crippen LogP contribution < -0.4 is 0 Å². The van der Waals surface area contributed by atoms with Crippen molar-refractivity contribution in [1.29, 1.82) is 0 Å². The van der Waals surface area contributed by atoms with Crippen LogP contribution in [0.5, 0.6) is 0 Å². The van der Waals surface area contributed by atoms with E-state index in [2.05, 4.69) is 9.97 Å². The number of methoxy groups -OCH3 is 1. The third-order valence-corrected chi connectivity index (χ3v) is 1.57. The summed E-state index contributed by atoms with van der Waals surface area (Å²) in [4.78, 5) is 18.3. The minimum Gasteiger partial charge on any atom is -0.479 e. The van der Waals surface area contributed by atoms with Crippen molar-refractivity contribution in [3.05, 3.63) is 24.3 Å². The van der Waals surface area contributed by atoms with E-state index in [1.165, 1.54) is 25.7 Å². The Morgan fingerprint density at radius 3 is 2.92 bits per heavy atom. The quantitative estimate of drug-likeness (QED) is 0.715. The zero-order valence-corrected chi connectivity index (χ0v) is 7.17. The predicted molar refractivity (Wildman–Crippen MR) is 44.2 cm³/mol. The van der Waals surface area contributed by atoms with Crippen molar-refractivity contribution in [2.45, 2.75) is 12.5 Å². The first kappa shape index (κ1) is 9.60. The monoisotopic (exact) mass is 182 g/mol. The zero-order valence-electron chi connectivity index (χ0n) is 7.17. The molecule has 5 nitrogen and oxygen atoms in total. The van der Waals surface area contributed by atoms with Crippen LogP contribution in [-0.4, -0.2) is 34.3 Å². The Morgan fingerprint density at radius 2 is 2.46 bits per heavy atom. The van der Waals surface area contributed by atoms with Crippen molar-refractivity contribution in [2.24, 2.45) is 0 Å². The molecule has 0 aliphatic heterocycles. The van der Waals surface area contributed by atoms with Gasteiger partial charge in [0.15, 0.2) is 6.10 Å². The van der Waals surface area contributed by atoms with E-state index in [-0.39, 0.29) is 6.42 Å². The summed E-state index contributed by atoms with van der Waals surface area (Å²) in [6.45, 7) is 0. The fraction of sp³-hybridized carbons (Fsp3) is 0.375. The standard InChI is InChI=1S/C8H10N2O3/c1-13-7(8(11)12)4-6-5-9-2-3-10-6/h2-3,5,7H,4H2,1H3,(H,11,12). The van der Waals surface area contributed by atoms with Gasteiger partial charge in [-0.1, -0.05) is 0 Å². The number of carboxylic acids is 1. The van der Waals surface area contributed by atoms with Gasteiger partial charge in [0.05, 0.1) is 5.69 Å². The van der Waals surface area contributed by atoms with E-state index in [9.17, 15) is 4.79 Å². The second-order valence-corrected chi connectivity index (χ2v) is 2.46. The van der Waals surface area contributed by atoms with E-state index in [1.54, 1.807) is 0 Å². The summed E-state index contributed by atoms with van der Waals surface area (Å²) in [7, 11) is 1.36. The highest BCUT2D eigenvalue weighted by atomic mass is 16.5. The van der Waals surface area contributed by atoms with Gasteiger partial charge in [-0.15, -0.1) is 0 Å². The third kappa shape index (κ3) is 2.79. The lowest BCUT2D eigenvalue weighted by Crippen LogP contribution is -2.25. The van der Waals surface area contributed by atoms with Crippen molar-refractivity contribution in [1.82, 2.24) is 9.97 Å². The summed E-state index contributed by atoms with van der Waals surface area (Å²) < 4.78 is 4.75. The number of aliphatic carboxylic acids is 1.